The number of fused-ring (bicyclic) bond motifs is 3. The molecular formula is C21H18O5. The molecule has 0 saturated carbocycles. The average Bonchev–Trinajstić information content (AvgIpc) is 2.98. The zero-order valence-electron chi connectivity index (χ0n) is 14.8. The lowest BCUT2D eigenvalue weighted by Gasteiger charge is -2.26. The van der Waals surface area contributed by atoms with Gasteiger partial charge in [-0.2, -0.15) is 0 Å². The Morgan fingerprint density at radius 1 is 1.04 bits per heavy atom. The summed E-state index contributed by atoms with van der Waals surface area (Å²) in [5.41, 5.74) is 3.01. The van der Waals surface area contributed by atoms with Gasteiger partial charge in [-0.1, -0.05) is 12.1 Å². The Bertz CT molecular complexity index is 949. The Kier molecular flexibility index (Phi) is 3.80. The molecule has 5 nitrogen and oxygen atoms in total. The number of ketones is 1. The predicted octanol–water partition coefficient (Wildman–Crippen LogP) is 4.01. The summed E-state index contributed by atoms with van der Waals surface area (Å²) in [6.07, 6.45) is 0.192. The van der Waals surface area contributed by atoms with Crippen LogP contribution in [0, 0.1) is 0 Å². The number of rotatable bonds is 2. The van der Waals surface area contributed by atoms with E-state index in [0.717, 1.165) is 22.4 Å². The van der Waals surface area contributed by atoms with Gasteiger partial charge >= 0.3 is 5.97 Å². The van der Waals surface area contributed by atoms with Gasteiger partial charge in [0, 0.05) is 11.5 Å². The number of benzene rings is 2. The Morgan fingerprint density at radius 3 is 2.42 bits per heavy atom. The normalized spacial score (nSPS) is 18.0. The van der Waals surface area contributed by atoms with Gasteiger partial charge in [-0.25, -0.2) is 0 Å². The molecule has 26 heavy (non-hydrogen) atoms. The Morgan fingerprint density at radius 2 is 1.77 bits per heavy atom. The van der Waals surface area contributed by atoms with E-state index in [1.165, 1.54) is 0 Å². The molecule has 0 saturated heterocycles. The summed E-state index contributed by atoms with van der Waals surface area (Å²) >= 11 is 0. The summed E-state index contributed by atoms with van der Waals surface area (Å²) in [5.74, 6) is 1.36. The van der Waals surface area contributed by atoms with Crippen molar-refractivity contribution in [3.63, 3.8) is 0 Å². The monoisotopic (exact) mass is 350 g/mol. The third-order valence-corrected chi connectivity index (χ3v) is 4.73. The van der Waals surface area contributed by atoms with E-state index in [1.54, 1.807) is 19.2 Å². The number of carbonyl (C=O) groups is 2. The molecule has 0 N–H and O–H groups in total. The highest BCUT2D eigenvalue weighted by molar-refractivity contribution is 6.13. The highest BCUT2D eigenvalue weighted by Crippen LogP contribution is 2.49. The van der Waals surface area contributed by atoms with Crippen LogP contribution in [0.2, 0.25) is 0 Å². The maximum absolute atomic E-state index is 12.6. The molecule has 2 aromatic carbocycles. The van der Waals surface area contributed by atoms with Gasteiger partial charge in [0.15, 0.2) is 5.76 Å². The van der Waals surface area contributed by atoms with Gasteiger partial charge in [-0.05, 0) is 49.2 Å². The number of carbonyl (C=O) groups excluding carboxylic acids is 2. The number of allylic oxidation sites excluding steroid dienone is 2. The van der Waals surface area contributed by atoms with E-state index in [2.05, 4.69) is 0 Å². The van der Waals surface area contributed by atoms with Crippen LogP contribution in [-0.2, 0) is 4.79 Å². The topological polar surface area (TPSA) is 61.8 Å². The standard InChI is InChI=1S/C21H18O5/c1-11(2)20-19(23)14-8-9-16-18(21(14)26-20)15(10-17(22)25-16)12-4-6-13(24-3)7-5-12/h4-9,15H,10H2,1-3H3/t15-/m1/s1. The van der Waals surface area contributed by atoms with Gasteiger partial charge in [0.25, 0.3) is 0 Å². The molecule has 2 aromatic rings. The Balaban J connectivity index is 1.88. The molecule has 0 aromatic heterocycles. The van der Waals surface area contributed by atoms with Crippen molar-refractivity contribution in [2.75, 3.05) is 7.11 Å². The van der Waals surface area contributed by atoms with Crippen LogP contribution >= 0.6 is 0 Å². The average molecular weight is 350 g/mol. The second kappa shape index (κ2) is 6.02. The third-order valence-electron chi connectivity index (χ3n) is 4.73. The quantitative estimate of drug-likeness (QED) is 0.465. The Labute approximate surface area is 151 Å². The van der Waals surface area contributed by atoms with E-state index in [1.807, 2.05) is 38.1 Å². The maximum atomic E-state index is 12.6. The van der Waals surface area contributed by atoms with Crippen LogP contribution in [0.3, 0.4) is 0 Å². The first-order valence-corrected chi connectivity index (χ1v) is 8.41. The first kappa shape index (κ1) is 16.4. The minimum atomic E-state index is -0.301. The van der Waals surface area contributed by atoms with E-state index in [9.17, 15) is 9.59 Å². The van der Waals surface area contributed by atoms with Crippen molar-refractivity contribution in [2.45, 2.75) is 26.2 Å². The number of esters is 1. The molecule has 0 fully saturated rings. The molecule has 0 bridgehead atoms. The first-order valence-electron chi connectivity index (χ1n) is 8.41. The van der Waals surface area contributed by atoms with Crippen molar-refractivity contribution in [1.29, 1.82) is 0 Å². The first-order chi connectivity index (χ1) is 12.5. The summed E-state index contributed by atoms with van der Waals surface area (Å²) in [5, 5.41) is 0. The van der Waals surface area contributed by atoms with E-state index < -0.39 is 0 Å². The van der Waals surface area contributed by atoms with Crippen LogP contribution in [0.1, 0.15) is 47.7 Å². The highest BCUT2D eigenvalue weighted by Gasteiger charge is 2.38. The van der Waals surface area contributed by atoms with Crippen LogP contribution in [0.15, 0.2) is 47.7 Å². The molecule has 1 atom stereocenters. The largest absolute Gasteiger partial charge is 0.497 e. The molecule has 5 heteroatoms. The summed E-state index contributed by atoms with van der Waals surface area (Å²) in [7, 11) is 1.61. The molecule has 0 radical (unpaired) electrons. The summed E-state index contributed by atoms with van der Waals surface area (Å²) < 4.78 is 16.5. The summed E-state index contributed by atoms with van der Waals surface area (Å²) in [6.45, 7) is 3.68. The van der Waals surface area contributed by atoms with Gasteiger partial charge in [0.2, 0.25) is 5.78 Å². The van der Waals surface area contributed by atoms with Crippen LogP contribution in [0.4, 0.5) is 0 Å². The minimum absolute atomic E-state index is 0.131. The van der Waals surface area contributed by atoms with E-state index >= 15 is 0 Å². The smallest absolute Gasteiger partial charge is 0.312 e. The SMILES string of the molecule is COc1ccc([C@H]2CC(=O)Oc3ccc4c(c32)OC(=C(C)C)C4=O)cc1. The maximum Gasteiger partial charge on any atom is 0.312 e. The molecule has 0 amide bonds. The summed E-state index contributed by atoms with van der Waals surface area (Å²) in [6, 6.07) is 10.9. The van der Waals surface area contributed by atoms with Crippen LogP contribution in [0.25, 0.3) is 0 Å². The fourth-order valence-electron chi connectivity index (χ4n) is 3.44. The zero-order chi connectivity index (χ0) is 18.4. The van der Waals surface area contributed by atoms with Crippen molar-refractivity contribution in [1.82, 2.24) is 0 Å². The number of hydrogen-bond acceptors (Lipinski definition) is 5. The second-order valence-corrected chi connectivity index (χ2v) is 6.62. The van der Waals surface area contributed by atoms with Crippen molar-refractivity contribution in [3.8, 4) is 17.2 Å². The molecule has 0 aliphatic carbocycles. The number of Topliss-reactive ketones (excluding diaryl/α,β-unsaturated/α-hetero) is 1. The van der Waals surface area contributed by atoms with Gasteiger partial charge in [-0.15, -0.1) is 0 Å². The molecular weight excluding hydrogens is 332 g/mol. The number of hydrogen-bond donors (Lipinski definition) is 0. The van der Waals surface area contributed by atoms with Gasteiger partial charge in [0.1, 0.15) is 17.2 Å². The predicted molar refractivity (Wildman–Crippen MR) is 94.9 cm³/mol. The lowest BCUT2D eigenvalue weighted by Crippen LogP contribution is -2.21. The fraction of sp³-hybridized carbons (Fsp3) is 0.238. The fourth-order valence-corrected chi connectivity index (χ4v) is 3.44. The van der Waals surface area contributed by atoms with Gasteiger partial charge in [-0.3, -0.25) is 9.59 Å². The molecule has 2 aliphatic heterocycles. The molecule has 4 rings (SSSR count). The molecule has 0 spiro atoms. The van der Waals surface area contributed by atoms with Crippen LogP contribution < -0.4 is 14.2 Å². The lowest BCUT2D eigenvalue weighted by atomic mass is 9.84. The van der Waals surface area contributed by atoms with Gasteiger partial charge in [0.05, 0.1) is 19.1 Å². The Hall–Kier alpha value is -3.08. The van der Waals surface area contributed by atoms with E-state index in [4.69, 9.17) is 14.2 Å². The van der Waals surface area contributed by atoms with E-state index in [-0.39, 0.29) is 24.1 Å². The van der Waals surface area contributed by atoms with Crippen molar-refractivity contribution in [2.24, 2.45) is 0 Å². The van der Waals surface area contributed by atoms with Crippen LogP contribution in [-0.4, -0.2) is 18.9 Å². The minimum Gasteiger partial charge on any atom is -0.497 e. The number of ether oxygens (including phenoxy) is 3. The zero-order valence-corrected chi connectivity index (χ0v) is 14.8. The van der Waals surface area contributed by atoms with Crippen molar-refractivity contribution >= 4 is 11.8 Å². The third kappa shape index (κ3) is 2.47. The second-order valence-electron chi connectivity index (χ2n) is 6.62. The van der Waals surface area contributed by atoms with Crippen molar-refractivity contribution in [3.05, 3.63) is 64.4 Å². The highest BCUT2D eigenvalue weighted by atomic mass is 16.5. The van der Waals surface area contributed by atoms with Gasteiger partial charge < -0.3 is 14.2 Å². The van der Waals surface area contributed by atoms with Crippen molar-refractivity contribution < 1.29 is 23.8 Å². The molecule has 2 aliphatic rings. The molecule has 132 valence electrons. The number of methoxy groups -OCH3 is 1. The summed E-state index contributed by atoms with van der Waals surface area (Å²) in [4.78, 5) is 24.7. The van der Waals surface area contributed by atoms with Crippen LogP contribution in [0.5, 0.6) is 17.2 Å². The molecule has 0 unspecified atom stereocenters. The molecule has 2 heterocycles. The van der Waals surface area contributed by atoms with E-state index in [0.29, 0.717) is 22.8 Å². The lowest BCUT2D eigenvalue weighted by molar-refractivity contribution is -0.135.